The minimum Gasteiger partial charge on any atom is -0.390 e. The zero-order chi connectivity index (χ0) is 19.2. The average molecular weight is 602 g/mol. The van der Waals surface area contributed by atoms with Crippen LogP contribution in [0.15, 0.2) is 0 Å². The highest BCUT2D eigenvalue weighted by molar-refractivity contribution is 14.1. The molecule has 0 saturated heterocycles. The molecule has 27 heavy (non-hydrogen) atoms. The first-order valence-electron chi connectivity index (χ1n) is 10.2. The van der Waals surface area contributed by atoms with Gasteiger partial charge in [-0.2, -0.15) is 0 Å². The maximum absolute atomic E-state index is 11.2. The number of halogens is 2. The van der Waals surface area contributed by atoms with Gasteiger partial charge in [0.2, 0.25) is 0 Å². The van der Waals surface area contributed by atoms with Crippen molar-refractivity contribution in [2.45, 2.75) is 117 Å². The molecule has 4 atom stereocenters. The fraction of sp³-hybridized carbons (Fsp3) is 1.00. The van der Waals surface area contributed by atoms with Crippen LogP contribution in [0.4, 0.5) is 0 Å². The van der Waals surface area contributed by atoms with Crippen LogP contribution in [-0.4, -0.2) is 60.9 Å². The normalized spacial score (nSPS) is 68.7. The second-order valence-electron chi connectivity index (χ2n) is 11.8. The lowest BCUT2D eigenvalue weighted by Gasteiger charge is -2.70. The Morgan fingerprint density at radius 3 is 1.00 bits per heavy atom. The van der Waals surface area contributed by atoms with E-state index in [-0.39, 0.29) is 6.84 Å². The molecule has 4 unspecified atom stereocenters. The summed E-state index contributed by atoms with van der Waals surface area (Å²) in [5.41, 5.74) is -4.53. The molecular formula is C20H28I2O5. The fourth-order valence-corrected chi connectivity index (χ4v) is 13.5. The van der Waals surface area contributed by atoms with Gasteiger partial charge in [-0.3, -0.25) is 0 Å². The summed E-state index contributed by atoms with van der Waals surface area (Å²) in [5.74, 6) is 0. The van der Waals surface area contributed by atoms with Crippen LogP contribution < -0.4 is 0 Å². The number of rotatable bonds is 2. The van der Waals surface area contributed by atoms with Gasteiger partial charge in [0.05, 0.1) is 33.6 Å². The summed E-state index contributed by atoms with van der Waals surface area (Å²) in [5, 5.41) is 44.9. The highest BCUT2D eigenvalue weighted by atomic mass is 127. The largest absolute Gasteiger partial charge is 0.390 e. The van der Waals surface area contributed by atoms with Crippen molar-refractivity contribution < 1.29 is 25.2 Å². The average Bonchev–Trinajstić information content (AvgIpc) is 2.22. The lowest BCUT2D eigenvalue weighted by Crippen LogP contribution is -2.75. The van der Waals surface area contributed by atoms with Gasteiger partial charge in [0, 0.05) is 45.4 Å². The summed E-state index contributed by atoms with van der Waals surface area (Å²) in [6, 6.07) is 0. The topological polar surface area (TPSA) is 90.2 Å². The Labute approximate surface area is 186 Å². The highest BCUT2D eigenvalue weighted by Gasteiger charge is 2.73. The molecule has 4 N–H and O–H groups in total. The van der Waals surface area contributed by atoms with Crippen LogP contribution in [0.2, 0.25) is 0 Å². The minimum absolute atomic E-state index is 0.131. The predicted molar refractivity (Wildman–Crippen MR) is 115 cm³/mol. The summed E-state index contributed by atoms with van der Waals surface area (Å²) < 4.78 is 6.73. The fourth-order valence-electron chi connectivity index (χ4n) is 9.31. The molecule has 8 fully saturated rings. The van der Waals surface area contributed by atoms with Crippen molar-refractivity contribution in [2.75, 3.05) is 0 Å². The Kier molecular flexibility index (Phi) is 3.41. The van der Waals surface area contributed by atoms with E-state index in [2.05, 4.69) is 45.2 Å². The number of alkyl halides is 2. The zero-order valence-electron chi connectivity index (χ0n) is 15.4. The third-order valence-electron chi connectivity index (χ3n) is 8.22. The van der Waals surface area contributed by atoms with E-state index >= 15 is 0 Å². The van der Waals surface area contributed by atoms with E-state index < -0.39 is 33.6 Å². The van der Waals surface area contributed by atoms with Crippen molar-refractivity contribution in [1.29, 1.82) is 0 Å². The third-order valence-corrected chi connectivity index (χ3v) is 10.5. The lowest BCUT2D eigenvalue weighted by atomic mass is 9.48. The highest BCUT2D eigenvalue weighted by Crippen LogP contribution is 2.70. The SMILES string of the molecule is OC12CC3(O)CC(I)(C1)CC(OC14CC5(O)CC(O)(CC(I)(C5)C1)C4)(C2)C3. The predicted octanol–water partition coefficient (Wildman–Crippen LogP) is 2.52. The van der Waals surface area contributed by atoms with Gasteiger partial charge in [0.1, 0.15) is 0 Å². The minimum atomic E-state index is -0.858. The van der Waals surface area contributed by atoms with E-state index in [4.69, 9.17) is 4.74 Å². The first kappa shape index (κ1) is 19.0. The van der Waals surface area contributed by atoms with Gasteiger partial charge < -0.3 is 25.2 Å². The molecule has 8 rings (SSSR count). The van der Waals surface area contributed by atoms with Gasteiger partial charge in [-0.05, 0) is 38.5 Å². The number of hydrogen-bond acceptors (Lipinski definition) is 5. The van der Waals surface area contributed by atoms with Crippen molar-refractivity contribution >= 4 is 45.2 Å². The summed E-state index contributed by atoms with van der Waals surface area (Å²) in [6.07, 6.45) is 7.78. The molecule has 0 aliphatic heterocycles. The molecule has 0 aromatic heterocycles. The van der Waals surface area contributed by atoms with Crippen LogP contribution in [0.1, 0.15) is 77.0 Å². The van der Waals surface area contributed by atoms with E-state index in [0.29, 0.717) is 38.5 Å². The molecule has 152 valence electrons. The number of hydrogen-bond donors (Lipinski definition) is 4. The van der Waals surface area contributed by atoms with Gasteiger partial charge in [-0.15, -0.1) is 0 Å². The molecule has 0 aromatic rings. The van der Waals surface area contributed by atoms with Crippen LogP contribution in [0.5, 0.6) is 0 Å². The van der Waals surface area contributed by atoms with E-state index in [9.17, 15) is 20.4 Å². The lowest BCUT2D eigenvalue weighted by molar-refractivity contribution is -0.329. The Morgan fingerprint density at radius 1 is 0.444 bits per heavy atom. The summed E-state index contributed by atoms with van der Waals surface area (Å²) in [4.78, 5) is 0. The van der Waals surface area contributed by atoms with Crippen LogP contribution in [0.3, 0.4) is 0 Å². The Balaban J connectivity index is 1.40. The van der Waals surface area contributed by atoms with E-state index in [1.54, 1.807) is 0 Å². The quantitative estimate of drug-likeness (QED) is 0.289. The van der Waals surface area contributed by atoms with E-state index in [1.165, 1.54) is 0 Å². The molecule has 8 aliphatic carbocycles. The van der Waals surface area contributed by atoms with E-state index in [1.807, 2.05) is 0 Å². The third kappa shape index (κ3) is 2.77. The van der Waals surface area contributed by atoms with Gasteiger partial charge >= 0.3 is 0 Å². The molecular weight excluding hydrogens is 574 g/mol. The molecule has 8 saturated carbocycles. The van der Waals surface area contributed by atoms with Gasteiger partial charge in [-0.1, -0.05) is 45.2 Å². The number of aliphatic hydroxyl groups is 4. The molecule has 0 spiro atoms. The summed E-state index contributed by atoms with van der Waals surface area (Å²) in [7, 11) is 0. The first-order chi connectivity index (χ1) is 12.2. The van der Waals surface area contributed by atoms with Gasteiger partial charge in [0.25, 0.3) is 0 Å². The van der Waals surface area contributed by atoms with Crippen molar-refractivity contribution in [1.82, 2.24) is 0 Å². The Hall–Kier alpha value is 1.26. The zero-order valence-corrected chi connectivity index (χ0v) is 19.8. The van der Waals surface area contributed by atoms with Crippen molar-refractivity contribution in [3.63, 3.8) is 0 Å². The van der Waals surface area contributed by atoms with Crippen molar-refractivity contribution in [3.8, 4) is 0 Å². The Morgan fingerprint density at radius 2 is 0.741 bits per heavy atom. The van der Waals surface area contributed by atoms with Crippen LogP contribution in [-0.2, 0) is 4.74 Å². The van der Waals surface area contributed by atoms with Crippen LogP contribution in [0, 0.1) is 0 Å². The standard InChI is InChI=1S/C20H28I2O5/c21-13-1-15(23)7-16(24,2-13)10-19(5-13,9-15)27-20-6-14(22)3-17(25,11-20)8-18(26,4-14)12-20/h23-26H,1-12H2. The summed E-state index contributed by atoms with van der Waals surface area (Å²) >= 11 is 4.89. The monoisotopic (exact) mass is 602 g/mol. The molecule has 5 nitrogen and oxygen atoms in total. The second kappa shape index (κ2) is 4.85. The van der Waals surface area contributed by atoms with Gasteiger partial charge in [0.15, 0.2) is 0 Å². The first-order valence-corrected chi connectivity index (χ1v) is 12.3. The van der Waals surface area contributed by atoms with Gasteiger partial charge in [-0.25, -0.2) is 0 Å². The number of ether oxygens (including phenoxy) is 1. The molecule has 0 aromatic carbocycles. The van der Waals surface area contributed by atoms with Crippen molar-refractivity contribution in [3.05, 3.63) is 0 Å². The van der Waals surface area contributed by atoms with Crippen molar-refractivity contribution in [2.24, 2.45) is 0 Å². The molecule has 7 heteroatoms. The molecule has 0 heterocycles. The molecule has 0 amide bonds. The second-order valence-corrected chi connectivity index (χ2v) is 16.4. The molecule has 0 radical (unpaired) electrons. The summed E-state index contributed by atoms with van der Waals surface area (Å²) in [6.45, 7) is 0. The van der Waals surface area contributed by atoms with Crippen LogP contribution >= 0.6 is 45.2 Å². The van der Waals surface area contributed by atoms with Crippen LogP contribution in [0.25, 0.3) is 0 Å². The maximum Gasteiger partial charge on any atom is 0.0757 e. The smallest absolute Gasteiger partial charge is 0.0757 e. The van der Waals surface area contributed by atoms with E-state index in [0.717, 1.165) is 38.5 Å². The molecule has 8 aliphatic rings. The molecule has 8 bridgehead atoms. The Bertz CT molecular complexity index is 573. The maximum atomic E-state index is 11.2.